The molecule has 0 bridgehead atoms. The van der Waals surface area contributed by atoms with Crippen molar-refractivity contribution >= 4 is 12.2 Å². The van der Waals surface area contributed by atoms with E-state index in [2.05, 4.69) is 18.8 Å². The third kappa shape index (κ3) is 2.52. The summed E-state index contributed by atoms with van der Waals surface area (Å²) in [5, 5.41) is 0. The van der Waals surface area contributed by atoms with Crippen molar-refractivity contribution < 1.29 is 0 Å². The van der Waals surface area contributed by atoms with Gasteiger partial charge in [0.05, 0.1) is 0 Å². The Balaban J connectivity index is 3.17. The van der Waals surface area contributed by atoms with Crippen molar-refractivity contribution in [1.29, 1.82) is 0 Å². The third-order valence-electron chi connectivity index (χ3n) is 1.75. The molecule has 1 heterocycles. The van der Waals surface area contributed by atoms with Crippen LogP contribution in [0.2, 0.25) is 0 Å². The summed E-state index contributed by atoms with van der Waals surface area (Å²) in [5.74, 6) is 0.460. The second kappa shape index (κ2) is 3.87. The first kappa shape index (κ1) is 10.2. The highest BCUT2D eigenvalue weighted by Crippen LogP contribution is 1.98. The molecule has 13 heavy (non-hydrogen) atoms. The number of hydrogen-bond acceptors (Lipinski definition) is 2. The van der Waals surface area contributed by atoms with Gasteiger partial charge in [-0.15, -0.1) is 0 Å². The van der Waals surface area contributed by atoms with Crippen LogP contribution in [0, 0.1) is 17.5 Å². The largest absolute Gasteiger partial charge is 0.326 e. The molecule has 0 aliphatic heterocycles. The van der Waals surface area contributed by atoms with Crippen LogP contribution in [-0.4, -0.2) is 9.55 Å². The van der Waals surface area contributed by atoms with Crippen LogP contribution in [0.25, 0.3) is 0 Å². The van der Waals surface area contributed by atoms with E-state index >= 15 is 0 Å². The van der Waals surface area contributed by atoms with E-state index < -0.39 is 0 Å². The van der Waals surface area contributed by atoms with E-state index in [1.165, 1.54) is 0 Å². The summed E-state index contributed by atoms with van der Waals surface area (Å²) >= 11 is 4.95. The first-order chi connectivity index (χ1) is 6.00. The lowest BCUT2D eigenvalue weighted by Gasteiger charge is -2.08. The lowest BCUT2D eigenvalue weighted by atomic mass is 10.2. The zero-order chi connectivity index (χ0) is 10.0. The van der Waals surface area contributed by atoms with Gasteiger partial charge in [0.25, 0.3) is 0 Å². The van der Waals surface area contributed by atoms with E-state index in [4.69, 9.17) is 12.2 Å². The zero-order valence-corrected chi connectivity index (χ0v) is 8.94. The molecule has 3 nitrogen and oxygen atoms in total. The molecular formula is C9H14N2OS. The molecule has 0 amide bonds. The topological polar surface area (TPSA) is 37.8 Å². The van der Waals surface area contributed by atoms with Crippen LogP contribution in [0.1, 0.15) is 19.4 Å². The number of H-pyrrole nitrogens is 1. The van der Waals surface area contributed by atoms with Crippen molar-refractivity contribution in [3.05, 3.63) is 26.9 Å². The normalized spacial score (nSPS) is 10.8. The van der Waals surface area contributed by atoms with Gasteiger partial charge in [0, 0.05) is 18.3 Å². The predicted molar refractivity (Wildman–Crippen MR) is 55.5 cm³/mol. The summed E-state index contributed by atoms with van der Waals surface area (Å²) in [6, 6.07) is 0. The van der Waals surface area contributed by atoms with E-state index in [1.807, 2.05) is 6.92 Å². The highest BCUT2D eigenvalue weighted by molar-refractivity contribution is 7.71. The maximum atomic E-state index is 11.4. The van der Waals surface area contributed by atoms with Crippen LogP contribution in [0.5, 0.6) is 0 Å². The molecule has 72 valence electrons. The smallest absolute Gasteiger partial charge is 0.300 e. The molecule has 0 aliphatic rings. The van der Waals surface area contributed by atoms with E-state index in [0.717, 1.165) is 12.1 Å². The fraction of sp³-hybridized carbons (Fsp3) is 0.556. The Morgan fingerprint density at radius 1 is 1.62 bits per heavy atom. The van der Waals surface area contributed by atoms with Crippen molar-refractivity contribution in [1.82, 2.24) is 9.55 Å². The van der Waals surface area contributed by atoms with Crippen LogP contribution < -0.4 is 5.69 Å². The number of nitrogens with one attached hydrogen (secondary N) is 1. The van der Waals surface area contributed by atoms with Gasteiger partial charge in [0.15, 0.2) is 0 Å². The highest BCUT2D eigenvalue weighted by Gasteiger charge is 2.00. The maximum Gasteiger partial charge on any atom is 0.326 e. The average molecular weight is 198 g/mol. The summed E-state index contributed by atoms with van der Waals surface area (Å²) < 4.78 is 2.19. The number of aromatic nitrogens is 2. The monoisotopic (exact) mass is 198 g/mol. The fourth-order valence-electron chi connectivity index (χ4n) is 1.15. The quantitative estimate of drug-likeness (QED) is 0.737. The summed E-state index contributed by atoms with van der Waals surface area (Å²) in [7, 11) is 0. The van der Waals surface area contributed by atoms with Crippen LogP contribution in [0.3, 0.4) is 0 Å². The zero-order valence-electron chi connectivity index (χ0n) is 8.13. The molecule has 0 saturated carbocycles. The van der Waals surface area contributed by atoms with Gasteiger partial charge in [0.1, 0.15) is 4.64 Å². The van der Waals surface area contributed by atoms with E-state index in [0.29, 0.717) is 10.6 Å². The minimum Gasteiger partial charge on any atom is -0.300 e. The molecule has 0 spiro atoms. The Bertz CT molecular complexity index is 403. The van der Waals surface area contributed by atoms with Crippen LogP contribution in [0.4, 0.5) is 0 Å². The number of nitrogens with zero attached hydrogens (tertiary/aromatic N) is 1. The van der Waals surface area contributed by atoms with Gasteiger partial charge in [-0.1, -0.05) is 26.1 Å². The van der Waals surface area contributed by atoms with Gasteiger partial charge < -0.3 is 4.57 Å². The minimum atomic E-state index is -0.121. The van der Waals surface area contributed by atoms with Crippen LogP contribution in [0.15, 0.2) is 11.0 Å². The second-order valence-electron chi connectivity index (χ2n) is 3.62. The Kier molecular flexibility index (Phi) is 3.03. The molecule has 0 aliphatic carbocycles. The molecule has 1 N–H and O–H groups in total. The SMILES string of the molecule is Cc1cn(CC(C)C)c(=O)[nH]c1=S. The molecule has 1 rings (SSSR count). The number of hydrogen-bond donors (Lipinski definition) is 1. The molecule has 1 aromatic heterocycles. The van der Waals surface area contributed by atoms with Crippen LogP contribution >= 0.6 is 12.2 Å². The summed E-state index contributed by atoms with van der Waals surface area (Å²) in [5.41, 5.74) is 0.819. The Hall–Kier alpha value is -0.900. The first-order valence-corrected chi connectivity index (χ1v) is 4.72. The van der Waals surface area contributed by atoms with Gasteiger partial charge in [-0.25, -0.2) is 4.79 Å². The van der Waals surface area contributed by atoms with Crippen molar-refractivity contribution in [3.8, 4) is 0 Å². The van der Waals surface area contributed by atoms with Crippen molar-refractivity contribution in [3.63, 3.8) is 0 Å². The van der Waals surface area contributed by atoms with E-state index in [9.17, 15) is 4.79 Å². The first-order valence-electron chi connectivity index (χ1n) is 4.31. The third-order valence-corrected chi connectivity index (χ3v) is 2.17. The number of rotatable bonds is 2. The Morgan fingerprint density at radius 3 is 2.77 bits per heavy atom. The molecule has 0 radical (unpaired) electrons. The average Bonchev–Trinajstić information content (AvgIpc) is 1.99. The minimum absolute atomic E-state index is 0.121. The van der Waals surface area contributed by atoms with E-state index in [-0.39, 0.29) is 5.69 Å². The summed E-state index contributed by atoms with van der Waals surface area (Å²) in [6.45, 7) is 6.77. The predicted octanol–water partition coefficient (Wildman–Crippen LogP) is 1.87. The molecule has 0 atom stereocenters. The standard InChI is InChI=1S/C9H14N2OS/c1-6(2)4-11-5-7(3)8(13)10-9(11)12/h5-6H,4H2,1-3H3,(H,10,12,13). The maximum absolute atomic E-state index is 11.4. The van der Waals surface area contributed by atoms with E-state index in [1.54, 1.807) is 10.8 Å². The molecule has 4 heteroatoms. The number of aryl methyl sites for hydroxylation is 1. The lowest BCUT2D eigenvalue weighted by molar-refractivity contribution is 0.501. The second-order valence-corrected chi connectivity index (χ2v) is 4.03. The van der Waals surface area contributed by atoms with Gasteiger partial charge >= 0.3 is 5.69 Å². The molecular weight excluding hydrogens is 184 g/mol. The van der Waals surface area contributed by atoms with Gasteiger partial charge in [-0.05, 0) is 12.8 Å². The molecule has 0 saturated heterocycles. The molecule has 0 aromatic carbocycles. The molecule has 0 unspecified atom stereocenters. The van der Waals surface area contributed by atoms with Crippen LogP contribution in [-0.2, 0) is 6.54 Å². The summed E-state index contributed by atoms with van der Waals surface area (Å²) in [4.78, 5) is 14.0. The Labute approximate surface area is 82.4 Å². The van der Waals surface area contributed by atoms with Gasteiger partial charge in [0.2, 0.25) is 0 Å². The molecule has 1 aromatic rings. The van der Waals surface area contributed by atoms with Crippen molar-refractivity contribution in [2.45, 2.75) is 27.3 Å². The number of aromatic amines is 1. The Morgan fingerprint density at radius 2 is 2.23 bits per heavy atom. The van der Waals surface area contributed by atoms with Gasteiger partial charge in [-0.2, -0.15) is 0 Å². The lowest BCUT2D eigenvalue weighted by Crippen LogP contribution is -2.25. The summed E-state index contributed by atoms with van der Waals surface area (Å²) in [6.07, 6.45) is 1.81. The van der Waals surface area contributed by atoms with Crippen molar-refractivity contribution in [2.75, 3.05) is 0 Å². The fourth-order valence-corrected chi connectivity index (χ4v) is 1.29. The van der Waals surface area contributed by atoms with Gasteiger partial charge in [-0.3, -0.25) is 4.98 Å². The highest BCUT2D eigenvalue weighted by atomic mass is 32.1. The molecule has 0 fully saturated rings. The van der Waals surface area contributed by atoms with Crippen molar-refractivity contribution in [2.24, 2.45) is 5.92 Å².